The predicted molar refractivity (Wildman–Crippen MR) is 42.5 cm³/mol. The second-order valence-electron chi connectivity index (χ2n) is 2.92. The Morgan fingerprint density at radius 3 is 2.92 bits per heavy atom. The summed E-state index contributed by atoms with van der Waals surface area (Å²) < 4.78 is 0. The van der Waals surface area contributed by atoms with Crippen LogP contribution in [0.2, 0.25) is 0 Å². The molecule has 1 aliphatic rings. The highest BCUT2D eigenvalue weighted by molar-refractivity contribution is 5.73. The van der Waals surface area contributed by atoms with Gasteiger partial charge in [0, 0.05) is 6.42 Å². The van der Waals surface area contributed by atoms with Crippen LogP contribution in [0.3, 0.4) is 0 Å². The molecule has 6 heteroatoms. The lowest BCUT2D eigenvalue weighted by atomic mass is 10.2. The van der Waals surface area contributed by atoms with E-state index in [9.17, 15) is 4.79 Å². The van der Waals surface area contributed by atoms with Gasteiger partial charge in [0.1, 0.15) is 11.8 Å². The van der Waals surface area contributed by atoms with Gasteiger partial charge in [0.15, 0.2) is 0 Å². The summed E-state index contributed by atoms with van der Waals surface area (Å²) in [7, 11) is 0. The minimum Gasteiger partial charge on any atom is -0.480 e. The Morgan fingerprint density at radius 1 is 1.92 bits per heavy atom. The number of carboxylic acids is 1. The van der Waals surface area contributed by atoms with E-state index >= 15 is 0 Å². The van der Waals surface area contributed by atoms with Gasteiger partial charge in [0.2, 0.25) is 0 Å². The number of hydrogen-bond donors (Lipinski definition) is 3. The zero-order valence-corrected chi connectivity index (χ0v) is 7.17. The van der Waals surface area contributed by atoms with E-state index in [4.69, 9.17) is 20.9 Å². The van der Waals surface area contributed by atoms with Crippen molar-refractivity contribution < 1.29 is 19.9 Å². The average molecular weight is 188 g/mol. The lowest BCUT2D eigenvalue weighted by Gasteiger charge is -2.12. The van der Waals surface area contributed by atoms with Gasteiger partial charge in [0.25, 0.3) is 0 Å². The predicted octanol–water partition coefficient (Wildman–Crippen LogP) is -0.303. The lowest BCUT2D eigenvalue weighted by molar-refractivity contribution is -0.317. The standard InChI is InChI=1S/C7H12N2O4/c1-4-2-5(13-9(4)12)3-6(8)7(10)11/h2,4,6,12H,3,8H2,1H3,(H,10,11). The third kappa shape index (κ3) is 2.41. The highest BCUT2D eigenvalue weighted by Crippen LogP contribution is 2.18. The SMILES string of the molecule is CC1C=C(CC(N)C(=O)O)ON1O. The zero-order chi connectivity index (χ0) is 10.0. The molecule has 6 nitrogen and oxygen atoms in total. The molecule has 1 heterocycles. The monoisotopic (exact) mass is 188 g/mol. The van der Waals surface area contributed by atoms with Crippen molar-refractivity contribution in [2.75, 3.05) is 0 Å². The van der Waals surface area contributed by atoms with Crippen molar-refractivity contribution in [2.45, 2.75) is 25.4 Å². The van der Waals surface area contributed by atoms with Crippen LogP contribution in [-0.4, -0.2) is 33.6 Å². The van der Waals surface area contributed by atoms with E-state index in [1.165, 1.54) is 0 Å². The number of hydrogen-bond acceptors (Lipinski definition) is 5. The maximum absolute atomic E-state index is 10.4. The Balaban J connectivity index is 2.48. The van der Waals surface area contributed by atoms with Crippen molar-refractivity contribution in [3.05, 3.63) is 11.8 Å². The number of carbonyl (C=O) groups is 1. The van der Waals surface area contributed by atoms with Crippen molar-refractivity contribution in [3.8, 4) is 0 Å². The molecule has 74 valence electrons. The summed E-state index contributed by atoms with van der Waals surface area (Å²) in [6.45, 7) is 1.71. The lowest BCUT2D eigenvalue weighted by Crippen LogP contribution is -2.30. The maximum atomic E-state index is 10.4. The fraction of sp³-hybridized carbons (Fsp3) is 0.571. The molecule has 0 aromatic rings. The average Bonchev–Trinajstić information content (AvgIpc) is 2.31. The van der Waals surface area contributed by atoms with Crippen molar-refractivity contribution in [3.63, 3.8) is 0 Å². The molecule has 13 heavy (non-hydrogen) atoms. The molecule has 0 fully saturated rings. The van der Waals surface area contributed by atoms with Crippen molar-refractivity contribution in [1.82, 2.24) is 5.23 Å². The Bertz CT molecular complexity index is 241. The highest BCUT2D eigenvalue weighted by atomic mass is 16.9. The van der Waals surface area contributed by atoms with E-state index in [-0.39, 0.29) is 12.5 Å². The van der Waals surface area contributed by atoms with Gasteiger partial charge in [-0.05, 0) is 18.2 Å². The van der Waals surface area contributed by atoms with Crippen molar-refractivity contribution in [2.24, 2.45) is 5.73 Å². The molecule has 0 spiro atoms. The van der Waals surface area contributed by atoms with Gasteiger partial charge in [-0.15, -0.1) is 0 Å². The minimum absolute atomic E-state index is 0.0801. The van der Waals surface area contributed by atoms with Crippen LogP contribution >= 0.6 is 0 Å². The van der Waals surface area contributed by atoms with Crippen LogP contribution in [0.25, 0.3) is 0 Å². The van der Waals surface area contributed by atoms with E-state index in [1.807, 2.05) is 0 Å². The van der Waals surface area contributed by atoms with Crippen molar-refractivity contribution >= 4 is 5.97 Å². The van der Waals surface area contributed by atoms with Crippen LogP contribution in [0.4, 0.5) is 0 Å². The summed E-state index contributed by atoms with van der Waals surface area (Å²) in [4.78, 5) is 15.2. The largest absolute Gasteiger partial charge is 0.480 e. The fourth-order valence-corrected chi connectivity index (χ4v) is 0.976. The van der Waals surface area contributed by atoms with E-state index in [1.54, 1.807) is 13.0 Å². The van der Waals surface area contributed by atoms with Crippen LogP contribution in [0.15, 0.2) is 11.8 Å². The number of nitrogens with zero attached hydrogens (tertiary/aromatic N) is 1. The Labute approximate surface area is 75.1 Å². The summed E-state index contributed by atoms with van der Waals surface area (Å²) in [5, 5.41) is 18.1. The molecule has 0 amide bonds. The molecule has 2 unspecified atom stereocenters. The summed E-state index contributed by atoms with van der Waals surface area (Å²) in [5.41, 5.74) is 5.27. The maximum Gasteiger partial charge on any atom is 0.320 e. The van der Waals surface area contributed by atoms with Gasteiger partial charge in [-0.2, -0.15) is 0 Å². The molecule has 4 N–H and O–H groups in total. The first-order valence-electron chi connectivity index (χ1n) is 3.86. The third-order valence-corrected chi connectivity index (χ3v) is 1.72. The van der Waals surface area contributed by atoms with Crippen LogP contribution in [0.5, 0.6) is 0 Å². The number of aliphatic carboxylic acids is 1. The summed E-state index contributed by atoms with van der Waals surface area (Å²) in [5.74, 6) is -0.710. The van der Waals surface area contributed by atoms with E-state index in [2.05, 4.69) is 0 Å². The number of nitrogens with two attached hydrogens (primary N) is 1. The first-order chi connectivity index (χ1) is 6.00. The molecular weight excluding hydrogens is 176 g/mol. The molecule has 0 aromatic heterocycles. The second-order valence-corrected chi connectivity index (χ2v) is 2.92. The number of rotatable bonds is 3. The molecule has 0 saturated heterocycles. The fourth-order valence-electron chi connectivity index (χ4n) is 0.976. The highest BCUT2D eigenvalue weighted by Gasteiger charge is 2.24. The normalized spacial score (nSPS) is 25.2. The second kappa shape index (κ2) is 3.73. The number of hydroxylamine groups is 2. The molecule has 1 aliphatic heterocycles. The number of carboxylic acid groups (broad SMARTS) is 1. The Hall–Kier alpha value is -1.11. The van der Waals surface area contributed by atoms with Crippen LogP contribution < -0.4 is 5.73 Å². The molecular formula is C7H12N2O4. The Morgan fingerprint density at radius 2 is 2.54 bits per heavy atom. The molecule has 2 atom stereocenters. The molecule has 0 saturated carbocycles. The molecule has 0 aromatic carbocycles. The van der Waals surface area contributed by atoms with E-state index in [0.29, 0.717) is 11.0 Å². The first-order valence-corrected chi connectivity index (χ1v) is 3.86. The van der Waals surface area contributed by atoms with E-state index in [0.717, 1.165) is 0 Å². The van der Waals surface area contributed by atoms with Crippen LogP contribution in [-0.2, 0) is 9.63 Å². The van der Waals surface area contributed by atoms with Crippen LogP contribution in [0, 0.1) is 0 Å². The zero-order valence-electron chi connectivity index (χ0n) is 7.17. The quantitative estimate of drug-likeness (QED) is 0.562. The molecule has 0 radical (unpaired) electrons. The van der Waals surface area contributed by atoms with Gasteiger partial charge >= 0.3 is 5.97 Å². The molecule has 1 rings (SSSR count). The summed E-state index contributed by atoms with van der Waals surface area (Å²) >= 11 is 0. The van der Waals surface area contributed by atoms with Gasteiger partial charge in [0.05, 0.1) is 6.04 Å². The van der Waals surface area contributed by atoms with Crippen LogP contribution in [0.1, 0.15) is 13.3 Å². The summed E-state index contributed by atoms with van der Waals surface area (Å²) in [6.07, 6.45) is 1.69. The van der Waals surface area contributed by atoms with Gasteiger partial charge in [-0.25, -0.2) is 0 Å². The topological polar surface area (TPSA) is 96.0 Å². The molecule has 0 aliphatic carbocycles. The third-order valence-electron chi connectivity index (χ3n) is 1.72. The first kappa shape index (κ1) is 9.97. The van der Waals surface area contributed by atoms with Crippen molar-refractivity contribution in [1.29, 1.82) is 0 Å². The van der Waals surface area contributed by atoms with Gasteiger partial charge < -0.3 is 15.7 Å². The van der Waals surface area contributed by atoms with Gasteiger partial charge in [-0.1, -0.05) is 0 Å². The smallest absolute Gasteiger partial charge is 0.320 e. The molecule has 0 bridgehead atoms. The van der Waals surface area contributed by atoms with E-state index < -0.39 is 12.0 Å². The van der Waals surface area contributed by atoms with Gasteiger partial charge in [-0.3, -0.25) is 10.0 Å². The Kier molecular flexibility index (Phi) is 2.86. The minimum atomic E-state index is -1.09. The summed E-state index contributed by atoms with van der Waals surface area (Å²) in [6, 6.07) is -1.26.